The number of benzene rings is 4. The molecule has 0 aliphatic rings. The molecule has 0 spiro atoms. The van der Waals surface area contributed by atoms with Crippen LogP contribution >= 0.6 is 0 Å². The molecule has 4 aromatic carbocycles. The summed E-state index contributed by atoms with van der Waals surface area (Å²) in [6.07, 6.45) is 0. The minimum Gasteiger partial charge on any atom is -0.889 e. The summed E-state index contributed by atoms with van der Waals surface area (Å²) in [7, 11) is 5.07. The summed E-state index contributed by atoms with van der Waals surface area (Å²) in [4.78, 5) is 2.74. The lowest BCUT2D eigenvalue weighted by Crippen LogP contribution is -3.00. The maximum Gasteiger partial charge on any atom is 0.198 e. The molecule has 0 bridgehead atoms. The molecule has 0 aliphatic heterocycles. The topological polar surface area (TPSA) is 55.0 Å². The third kappa shape index (κ3) is 6.90. The van der Waals surface area contributed by atoms with Crippen molar-refractivity contribution in [3.8, 4) is 0 Å². The Morgan fingerprint density at radius 1 is 0.474 bits per heavy atom. The predicted molar refractivity (Wildman–Crippen MR) is 127 cm³/mol. The average Bonchev–Trinajstić information content (AvgIpc) is 2.90. The van der Waals surface area contributed by atoms with Crippen molar-refractivity contribution in [3.05, 3.63) is 101 Å². The molecule has 0 saturated heterocycles. The minimum atomic E-state index is -3.41. The zero-order chi connectivity index (χ0) is 28.7. The molecule has 4 aromatic rings. The maximum atomic E-state index is 13.4. The standard InChI is InChI=1S/C10BF7O2.2C8H11N/c12-4-1-2(6(14)10(18)9(4)17)5(13)8(16)7(15)3(1)11(19)20;2*1-9(2)8-6-4-3-5-7-8/h;2*3-7H,1-2H3/q-2;;/p+2. The van der Waals surface area contributed by atoms with E-state index in [9.17, 15) is 40.8 Å². The van der Waals surface area contributed by atoms with Crippen molar-refractivity contribution >= 4 is 34.7 Å². The minimum absolute atomic E-state index is 1.33. The Hall–Kier alpha value is -3.45. The molecule has 38 heavy (non-hydrogen) atoms. The van der Waals surface area contributed by atoms with E-state index in [2.05, 4.69) is 76.7 Å². The molecule has 0 heterocycles. The highest BCUT2D eigenvalue weighted by Crippen LogP contribution is 2.30. The van der Waals surface area contributed by atoms with Crippen molar-refractivity contribution in [1.82, 2.24) is 0 Å². The number of nitrogens with one attached hydrogen (secondary N) is 2. The van der Waals surface area contributed by atoms with Crippen molar-refractivity contribution in [2.24, 2.45) is 0 Å². The molecule has 0 amide bonds. The van der Waals surface area contributed by atoms with E-state index in [0.29, 0.717) is 0 Å². The molecular formula is C26H24BF7N2O2. The first-order valence-corrected chi connectivity index (χ1v) is 11.2. The first-order chi connectivity index (χ1) is 17.8. The first-order valence-electron chi connectivity index (χ1n) is 11.2. The van der Waals surface area contributed by atoms with Gasteiger partial charge in [0.15, 0.2) is 40.7 Å². The monoisotopic (exact) mass is 540 g/mol. The summed E-state index contributed by atoms with van der Waals surface area (Å²) in [6, 6.07) is 20.8. The second-order valence-electron chi connectivity index (χ2n) is 8.43. The van der Waals surface area contributed by atoms with Gasteiger partial charge in [-0.3, -0.25) is 0 Å². The van der Waals surface area contributed by atoms with Crippen LogP contribution in [0.4, 0.5) is 42.1 Å². The highest BCUT2D eigenvalue weighted by atomic mass is 19.2. The number of rotatable bonds is 3. The number of halogens is 7. The van der Waals surface area contributed by atoms with E-state index in [1.807, 2.05) is 12.1 Å². The molecule has 4 rings (SSSR count). The van der Waals surface area contributed by atoms with E-state index in [-0.39, 0.29) is 0 Å². The number of fused-ring (bicyclic) bond motifs is 1. The molecule has 0 saturated carbocycles. The van der Waals surface area contributed by atoms with Gasteiger partial charge >= 0.3 is 0 Å². The number of hydrogen-bond acceptors (Lipinski definition) is 2. The van der Waals surface area contributed by atoms with Crippen molar-refractivity contribution in [3.63, 3.8) is 0 Å². The largest absolute Gasteiger partial charge is 0.889 e. The first kappa shape index (κ1) is 30.8. The molecule has 12 heteroatoms. The van der Waals surface area contributed by atoms with E-state index in [0.717, 1.165) is 0 Å². The lowest BCUT2D eigenvalue weighted by Gasteiger charge is -2.29. The van der Waals surface area contributed by atoms with Gasteiger partial charge in [0.25, 0.3) is 0 Å². The van der Waals surface area contributed by atoms with Gasteiger partial charge in [0.1, 0.15) is 11.4 Å². The number of hydrogen-bond donors (Lipinski definition) is 2. The van der Waals surface area contributed by atoms with Crippen LogP contribution in [0.15, 0.2) is 60.7 Å². The Morgan fingerprint density at radius 2 is 0.789 bits per heavy atom. The van der Waals surface area contributed by atoms with Crippen molar-refractivity contribution in [2.75, 3.05) is 28.2 Å². The van der Waals surface area contributed by atoms with Gasteiger partial charge in [0, 0.05) is 5.39 Å². The Balaban J connectivity index is 0.000000232. The number of quaternary nitrogens is 2. The van der Waals surface area contributed by atoms with E-state index >= 15 is 0 Å². The fourth-order valence-electron chi connectivity index (χ4n) is 3.29. The zero-order valence-corrected chi connectivity index (χ0v) is 20.8. The normalized spacial score (nSPS) is 10.7. The molecular weight excluding hydrogens is 516 g/mol. The van der Waals surface area contributed by atoms with E-state index < -0.39 is 64.1 Å². The highest BCUT2D eigenvalue weighted by Gasteiger charge is 2.29. The van der Waals surface area contributed by atoms with Crippen LogP contribution in [-0.4, -0.2) is 35.3 Å². The van der Waals surface area contributed by atoms with Gasteiger partial charge in [-0.05, 0) is 24.3 Å². The Kier molecular flexibility index (Phi) is 10.8. The summed E-state index contributed by atoms with van der Waals surface area (Å²) in [5, 5.41) is 17.8. The van der Waals surface area contributed by atoms with Crippen LogP contribution in [0.5, 0.6) is 0 Å². The van der Waals surface area contributed by atoms with E-state index in [4.69, 9.17) is 0 Å². The van der Waals surface area contributed by atoms with Crippen molar-refractivity contribution < 1.29 is 50.6 Å². The van der Waals surface area contributed by atoms with Crippen LogP contribution < -0.4 is 25.3 Å². The molecule has 0 radical (unpaired) electrons. The van der Waals surface area contributed by atoms with Gasteiger partial charge in [0.2, 0.25) is 0 Å². The van der Waals surface area contributed by atoms with Gasteiger partial charge in [0.05, 0.1) is 33.6 Å². The number of para-hydroxylation sites is 2. The van der Waals surface area contributed by atoms with Gasteiger partial charge in [-0.25, -0.2) is 30.7 Å². The summed E-state index contributed by atoms with van der Waals surface area (Å²) in [5.41, 5.74) is 0.796. The molecule has 2 N–H and O–H groups in total. The summed E-state index contributed by atoms with van der Waals surface area (Å²) >= 11 is 0. The summed E-state index contributed by atoms with van der Waals surface area (Å²) < 4.78 is 92.4. The van der Waals surface area contributed by atoms with E-state index in [1.165, 1.54) is 21.2 Å². The molecule has 0 atom stereocenters. The van der Waals surface area contributed by atoms with Crippen LogP contribution in [0.3, 0.4) is 0 Å². The lowest BCUT2D eigenvalue weighted by atomic mass is 9.76. The second kappa shape index (κ2) is 13.4. The van der Waals surface area contributed by atoms with Crippen LogP contribution in [0.2, 0.25) is 0 Å². The molecule has 4 nitrogen and oxygen atoms in total. The van der Waals surface area contributed by atoms with Crippen LogP contribution in [0.25, 0.3) is 10.8 Å². The average molecular weight is 540 g/mol. The molecule has 0 aliphatic carbocycles. The summed E-state index contributed by atoms with van der Waals surface area (Å²) in [6.45, 7) is 0. The smallest absolute Gasteiger partial charge is 0.198 e. The van der Waals surface area contributed by atoms with Gasteiger partial charge in [-0.2, -0.15) is 0 Å². The van der Waals surface area contributed by atoms with E-state index in [1.54, 1.807) is 0 Å². The van der Waals surface area contributed by atoms with Crippen LogP contribution in [0, 0.1) is 40.7 Å². The Labute approximate surface area is 215 Å². The third-order valence-electron chi connectivity index (χ3n) is 5.32. The van der Waals surface area contributed by atoms with Crippen molar-refractivity contribution in [1.29, 1.82) is 0 Å². The SMILES string of the molecule is C[NH+](C)c1ccccc1.C[NH+](C)c1ccccc1.[O-]B([O-])c1c(F)c(F)c(F)c2c(F)c(F)c(F)c(F)c12. The molecule has 0 fully saturated rings. The third-order valence-corrected chi connectivity index (χ3v) is 5.32. The summed E-state index contributed by atoms with van der Waals surface area (Å²) in [5.74, 6) is -16.9. The molecule has 202 valence electrons. The van der Waals surface area contributed by atoms with Crippen molar-refractivity contribution in [2.45, 2.75) is 0 Å². The maximum absolute atomic E-state index is 13.4. The van der Waals surface area contributed by atoms with Gasteiger partial charge < -0.3 is 19.8 Å². The van der Waals surface area contributed by atoms with Gasteiger partial charge in [-0.15, -0.1) is 0 Å². The van der Waals surface area contributed by atoms with Crippen LogP contribution in [0.1, 0.15) is 0 Å². The second-order valence-corrected chi connectivity index (χ2v) is 8.43. The lowest BCUT2D eigenvalue weighted by molar-refractivity contribution is -0.786. The Morgan fingerprint density at radius 3 is 1.08 bits per heavy atom. The van der Waals surface area contributed by atoms with Crippen LogP contribution in [-0.2, 0) is 0 Å². The van der Waals surface area contributed by atoms with Gasteiger partial charge in [-0.1, -0.05) is 49.0 Å². The quantitative estimate of drug-likeness (QED) is 0.178. The predicted octanol–water partition coefficient (Wildman–Crippen LogP) is 1.15. The zero-order valence-electron chi connectivity index (χ0n) is 20.8. The fraction of sp³-hybridized carbons (Fsp3) is 0.154. The molecule has 0 unspecified atom stereocenters. The highest BCUT2D eigenvalue weighted by molar-refractivity contribution is 6.59. The fourth-order valence-corrected chi connectivity index (χ4v) is 3.29. The Bertz CT molecular complexity index is 1320. The molecule has 0 aromatic heterocycles.